The van der Waals surface area contributed by atoms with Crippen molar-refractivity contribution in [2.75, 3.05) is 23.9 Å². The van der Waals surface area contributed by atoms with E-state index in [0.717, 1.165) is 51.3 Å². The molecule has 9 heteroatoms. The molecule has 28 heavy (non-hydrogen) atoms. The van der Waals surface area contributed by atoms with Gasteiger partial charge in [0.2, 0.25) is 0 Å². The van der Waals surface area contributed by atoms with Crippen LogP contribution in [0.1, 0.15) is 24.8 Å². The van der Waals surface area contributed by atoms with E-state index < -0.39 is 0 Å². The highest BCUT2D eigenvalue weighted by atomic mass is 79.9. The van der Waals surface area contributed by atoms with E-state index in [4.69, 9.17) is 4.98 Å². The number of hydrogen-bond donors (Lipinski definition) is 2. The normalized spacial score (nSPS) is 19.2. The number of aliphatic hydroxyl groups excluding tert-OH is 1. The smallest absolute Gasteiger partial charge is 0.185 e. The monoisotopic (exact) mass is 446 g/mol. The highest BCUT2D eigenvalue weighted by molar-refractivity contribution is 9.10. The van der Waals surface area contributed by atoms with Gasteiger partial charge in [0.05, 0.1) is 10.7 Å². The molecule has 3 aromatic heterocycles. The lowest BCUT2D eigenvalue weighted by Crippen LogP contribution is -2.36. The van der Waals surface area contributed by atoms with Crippen LogP contribution in [-0.2, 0) is 6.54 Å². The first-order chi connectivity index (χ1) is 13.6. The fourth-order valence-electron chi connectivity index (χ4n) is 3.94. The van der Waals surface area contributed by atoms with E-state index in [1.165, 1.54) is 6.20 Å². The van der Waals surface area contributed by atoms with Crippen LogP contribution in [0.15, 0.2) is 41.3 Å². The number of nitrogens with zero attached hydrogens (tertiary/aromatic N) is 5. The average Bonchev–Trinajstić information content (AvgIpc) is 3.32. The molecule has 1 fully saturated rings. The zero-order valence-electron chi connectivity index (χ0n) is 15.6. The van der Waals surface area contributed by atoms with Crippen molar-refractivity contribution in [1.82, 2.24) is 14.6 Å². The van der Waals surface area contributed by atoms with Gasteiger partial charge in [0, 0.05) is 49.9 Å². The molecular weight excluding hydrogens is 424 g/mol. The SMILES string of the molecule is CN(c1cc(NCc2ccc[n+]([O-])c2)n2ncc(Br)c2n1)[C@@H]1CCC[C@@H]1CO. The van der Waals surface area contributed by atoms with E-state index in [-0.39, 0.29) is 18.6 Å². The summed E-state index contributed by atoms with van der Waals surface area (Å²) in [6, 6.07) is 5.86. The number of pyridine rings is 1. The van der Waals surface area contributed by atoms with Crippen molar-refractivity contribution in [2.45, 2.75) is 31.8 Å². The van der Waals surface area contributed by atoms with Gasteiger partial charge < -0.3 is 20.5 Å². The average molecular weight is 447 g/mol. The molecule has 1 aliphatic carbocycles. The minimum atomic E-state index is 0.196. The largest absolute Gasteiger partial charge is 0.619 e. The molecule has 0 radical (unpaired) electrons. The molecule has 8 nitrogen and oxygen atoms in total. The Kier molecular flexibility index (Phi) is 5.36. The number of aliphatic hydroxyl groups is 1. The lowest BCUT2D eigenvalue weighted by molar-refractivity contribution is -0.605. The molecule has 1 aliphatic rings. The quantitative estimate of drug-likeness (QED) is 0.445. The lowest BCUT2D eigenvalue weighted by Gasteiger charge is -2.30. The maximum absolute atomic E-state index is 11.5. The van der Waals surface area contributed by atoms with Crippen LogP contribution in [0.25, 0.3) is 5.65 Å². The summed E-state index contributed by atoms with van der Waals surface area (Å²) in [6.07, 6.45) is 7.93. The van der Waals surface area contributed by atoms with Gasteiger partial charge in [0.25, 0.3) is 0 Å². The van der Waals surface area contributed by atoms with Gasteiger partial charge in [-0.15, -0.1) is 0 Å². The van der Waals surface area contributed by atoms with E-state index >= 15 is 0 Å². The van der Waals surface area contributed by atoms with Crippen molar-refractivity contribution >= 4 is 33.2 Å². The van der Waals surface area contributed by atoms with Gasteiger partial charge in [-0.3, -0.25) is 0 Å². The molecule has 0 spiro atoms. The van der Waals surface area contributed by atoms with Gasteiger partial charge in [-0.25, -0.2) is 4.98 Å². The predicted molar refractivity (Wildman–Crippen MR) is 110 cm³/mol. The summed E-state index contributed by atoms with van der Waals surface area (Å²) >= 11 is 3.52. The molecular formula is C19H23BrN6O2. The van der Waals surface area contributed by atoms with Crippen molar-refractivity contribution in [1.29, 1.82) is 0 Å². The number of halogens is 1. The second kappa shape index (κ2) is 7.92. The fourth-order valence-corrected chi connectivity index (χ4v) is 4.29. The van der Waals surface area contributed by atoms with Crippen molar-refractivity contribution < 1.29 is 9.84 Å². The molecule has 3 heterocycles. The molecule has 1 saturated carbocycles. The van der Waals surface area contributed by atoms with Crippen LogP contribution >= 0.6 is 15.9 Å². The second-order valence-electron chi connectivity index (χ2n) is 7.20. The summed E-state index contributed by atoms with van der Waals surface area (Å²) in [5.74, 6) is 1.88. The van der Waals surface area contributed by atoms with Crippen LogP contribution in [0, 0.1) is 11.1 Å². The molecule has 0 amide bonds. The van der Waals surface area contributed by atoms with Crippen LogP contribution in [0.5, 0.6) is 0 Å². The third-order valence-electron chi connectivity index (χ3n) is 5.44. The van der Waals surface area contributed by atoms with E-state index in [9.17, 15) is 10.3 Å². The van der Waals surface area contributed by atoms with E-state index in [1.54, 1.807) is 23.0 Å². The predicted octanol–water partition coefficient (Wildman–Crippen LogP) is 2.33. The summed E-state index contributed by atoms with van der Waals surface area (Å²) in [4.78, 5) is 6.94. The van der Waals surface area contributed by atoms with Crippen molar-refractivity contribution in [3.8, 4) is 0 Å². The molecule has 0 unspecified atom stereocenters. The topological polar surface area (TPSA) is 92.6 Å². The van der Waals surface area contributed by atoms with Gasteiger partial charge >= 0.3 is 0 Å². The molecule has 4 rings (SSSR count). The van der Waals surface area contributed by atoms with Gasteiger partial charge in [0.15, 0.2) is 18.0 Å². The first-order valence-corrected chi connectivity index (χ1v) is 10.2. The summed E-state index contributed by atoms with van der Waals surface area (Å²) < 4.78 is 3.35. The Hall–Kier alpha value is -2.39. The molecule has 2 atom stereocenters. The Morgan fingerprint density at radius 2 is 2.32 bits per heavy atom. The first-order valence-electron chi connectivity index (χ1n) is 9.36. The Labute approximate surface area is 171 Å². The minimum absolute atomic E-state index is 0.196. The zero-order valence-corrected chi connectivity index (χ0v) is 17.2. The number of rotatable bonds is 6. The van der Waals surface area contributed by atoms with Crippen LogP contribution in [-0.4, -0.2) is 39.4 Å². The highest BCUT2D eigenvalue weighted by Crippen LogP contribution is 2.33. The maximum Gasteiger partial charge on any atom is 0.185 e. The molecule has 0 saturated heterocycles. The van der Waals surface area contributed by atoms with Gasteiger partial charge in [-0.2, -0.15) is 14.3 Å². The van der Waals surface area contributed by atoms with Crippen molar-refractivity contribution in [3.63, 3.8) is 0 Å². The highest BCUT2D eigenvalue weighted by Gasteiger charge is 2.31. The molecule has 3 aromatic rings. The van der Waals surface area contributed by atoms with Gasteiger partial charge in [-0.1, -0.05) is 6.42 Å². The number of aromatic nitrogens is 4. The van der Waals surface area contributed by atoms with E-state index in [0.29, 0.717) is 6.54 Å². The Morgan fingerprint density at radius 3 is 3.11 bits per heavy atom. The summed E-state index contributed by atoms with van der Waals surface area (Å²) in [6.45, 7) is 0.688. The van der Waals surface area contributed by atoms with Gasteiger partial charge in [-0.05, 0) is 34.8 Å². The third-order valence-corrected chi connectivity index (χ3v) is 6.00. The molecule has 0 bridgehead atoms. The Morgan fingerprint density at radius 1 is 1.46 bits per heavy atom. The van der Waals surface area contributed by atoms with Crippen molar-refractivity contribution in [3.05, 3.63) is 52.0 Å². The summed E-state index contributed by atoms with van der Waals surface area (Å²) in [5, 5.41) is 29.0. The van der Waals surface area contributed by atoms with Crippen LogP contribution in [0.2, 0.25) is 0 Å². The van der Waals surface area contributed by atoms with Crippen molar-refractivity contribution in [2.24, 2.45) is 5.92 Å². The molecule has 0 aromatic carbocycles. The Balaban J connectivity index is 1.65. The number of nitrogens with one attached hydrogen (secondary N) is 1. The van der Waals surface area contributed by atoms with E-state index in [1.807, 2.05) is 19.2 Å². The second-order valence-corrected chi connectivity index (χ2v) is 8.06. The Bertz CT molecular complexity index is 978. The standard InChI is InChI=1S/C19H23BrN6O2/c1-24(16-6-2-5-14(16)12-27)18-8-17(26-19(23-18)15(20)10-22-26)21-9-13-4-3-7-25(28)11-13/h3-4,7-8,10-11,14,16,21,27H,2,5-6,9,12H2,1H3/t14-,16-/m1/s1. The minimum Gasteiger partial charge on any atom is -0.619 e. The summed E-state index contributed by atoms with van der Waals surface area (Å²) in [7, 11) is 2.03. The van der Waals surface area contributed by atoms with Crippen LogP contribution < -0.4 is 14.9 Å². The number of fused-ring (bicyclic) bond motifs is 1. The van der Waals surface area contributed by atoms with Gasteiger partial charge in [0.1, 0.15) is 11.6 Å². The molecule has 0 aliphatic heterocycles. The van der Waals surface area contributed by atoms with Crippen LogP contribution in [0.4, 0.5) is 11.6 Å². The maximum atomic E-state index is 11.5. The lowest BCUT2D eigenvalue weighted by atomic mass is 10.0. The fraction of sp³-hybridized carbons (Fsp3) is 0.421. The number of anilines is 2. The zero-order chi connectivity index (χ0) is 19.7. The number of hydrogen-bond acceptors (Lipinski definition) is 6. The van der Waals surface area contributed by atoms with Crippen LogP contribution in [0.3, 0.4) is 0 Å². The molecule has 2 N–H and O–H groups in total. The molecule has 148 valence electrons. The third kappa shape index (κ3) is 3.64. The summed E-state index contributed by atoms with van der Waals surface area (Å²) in [5.41, 5.74) is 1.59. The first kappa shape index (κ1) is 18.9. The van der Waals surface area contributed by atoms with E-state index in [2.05, 4.69) is 31.2 Å².